The Morgan fingerprint density at radius 2 is 1.74 bits per heavy atom. The third kappa shape index (κ3) is 5.60. The number of halogens is 5. The maximum atomic E-state index is 13.7. The number of hydrogen-bond donors (Lipinski definition) is 2. The number of benzene rings is 2. The van der Waals surface area contributed by atoms with Crippen LogP contribution in [0.2, 0.25) is 0 Å². The lowest BCUT2D eigenvalue weighted by molar-refractivity contribution is -0.137. The van der Waals surface area contributed by atoms with Crippen LogP contribution in [-0.4, -0.2) is 28.5 Å². The molecule has 3 rings (SSSR count). The van der Waals surface area contributed by atoms with Gasteiger partial charge in [0.1, 0.15) is 5.56 Å². The zero-order chi connectivity index (χ0) is 25.3. The Morgan fingerprint density at radius 1 is 1.09 bits per heavy atom. The summed E-state index contributed by atoms with van der Waals surface area (Å²) < 4.78 is 96.7. The van der Waals surface area contributed by atoms with E-state index in [0.717, 1.165) is 13.4 Å². The van der Waals surface area contributed by atoms with E-state index in [4.69, 9.17) is 14.3 Å². The summed E-state index contributed by atoms with van der Waals surface area (Å²) in [5, 5.41) is 2.32. The van der Waals surface area contributed by atoms with Gasteiger partial charge in [0.05, 0.1) is 22.4 Å². The number of nitrogens with one attached hydrogen (secondary N) is 2. The van der Waals surface area contributed by atoms with Crippen molar-refractivity contribution < 1.29 is 40.4 Å². The van der Waals surface area contributed by atoms with Crippen molar-refractivity contribution in [2.24, 2.45) is 0 Å². The summed E-state index contributed by atoms with van der Waals surface area (Å²) in [4.78, 5) is 16.5. The fourth-order valence-electron chi connectivity index (χ4n) is 2.72. The lowest BCUT2D eigenvalue weighted by Gasteiger charge is -2.15. The average molecular weight is 501 g/mol. The van der Waals surface area contributed by atoms with Crippen molar-refractivity contribution in [2.75, 3.05) is 18.7 Å². The molecule has 1 unspecified atom stereocenters. The first-order chi connectivity index (χ1) is 15.8. The van der Waals surface area contributed by atoms with E-state index in [1.54, 1.807) is 0 Å². The van der Waals surface area contributed by atoms with Gasteiger partial charge in [-0.15, -0.1) is 0 Å². The van der Waals surface area contributed by atoms with Crippen molar-refractivity contribution in [3.8, 4) is 17.4 Å². The number of alkyl halides is 3. The molecule has 0 fully saturated rings. The summed E-state index contributed by atoms with van der Waals surface area (Å²) in [6.07, 6.45) is -3.28. The van der Waals surface area contributed by atoms with Gasteiger partial charge in [-0.3, -0.25) is 4.79 Å². The van der Waals surface area contributed by atoms with Crippen molar-refractivity contribution in [3.63, 3.8) is 0 Å². The molecule has 3 aromatic rings. The molecule has 0 aliphatic heterocycles. The number of hydrogen-bond acceptors (Lipinski definition) is 6. The Hall–Kier alpha value is -3.74. The van der Waals surface area contributed by atoms with Crippen LogP contribution in [0.4, 0.5) is 27.6 Å². The number of methoxy groups -OCH3 is 1. The maximum absolute atomic E-state index is 13.7. The highest BCUT2D eigenvalue weighted by Gasteiger charge is 2.33. The van der Waals surface area contributed by atoms with Gasteiger partial charge in [0.25, 0.3) is 5.91 Å². The summed E-state index contributed by atoms with van der Waals surface area (Å²) in [5.41, 5.74) is -1.91. The molecule has 0 saturated carbocycles. The molecule has 34 heavy (non-hydrogen) atoms. The first-order valence-corrected chi connectivity index (χ1v) is 11.2. The first kappa shape index (κ1) is 24.9. The van der Waals surface area contributed by atoms with E-state index in [1.165, 1.54) is 24.3 Å². The van der Waals surface area contributed by atoms with Crippen LogP contribution in [-0.2, 0) is 15.9 Å². The summed E-state index contributed by atoms with van der Waals surface area (Å²) in [6, 6.07) is 7.10. The number of nitrogens with zero attached hydrogens (tertiary/aromatic N) is 1. The summed E-state index contributed by atoms with van der Waals surface area (Å²) in [7, 11) is -2.01. The van der Waals surface area contributed by atoms with Gasteiger partial charge >= 0.3 is 6.18 Å². The van der Waals surface area contributed by atoms with Crippen LogP contribution in [0.25, 0.3) is 0 Å². The van der Waals surface area contributed by atoms with E-state index in [2.05, 4.69) is 10.3 Å². The molecule has 0 aliphatic rings. The highest BCUT2D eigenvalue weighted by atomic mass is 32.2. The normalized spacial score (nSPS) is 13.1. The second-order valence-corrected chi connectivity index (χ2v) is 9.08. The molecule has 1 heterocycles. The highest BCUT2D eigenvalue weighted by Crippen LogP contribution is 2.36. The molecule has 1 amide bonds. The van der Waals surface area contributed by atoms with Gasteiger partial charge < -0.3 is 14.8 Å². The number of carbonyl (C=O) groups excluding carboxylic acids is 1. The zero-order valence-corrected chi connectivity index (χ0v) is 18.3. The minimum Gasteiger partial charge on any atom is -0.493 e. The topological polar surface area (TPSA) is 101 Å². The lowest BCUT2D eigenvalue weighted by Crippen LogP contribution is -2.16. The number of anilines is 1. The number of pyridine rings is 1. The van der Waals surface area contributed by atoms with Crippen LogP contribution in [0.5, 0.6) is 17.4 Å². The number of carbonyl (C=O) groups is 1. The van der Waals surface area contributed by atoms with E-state index >= 15 is 0 Å². The van der Waals surface area contributed by atoms with Crippen LogP contribution in [0.15, 0.2) is 53.6 Å². The van der Waals surface area contributed by atoms with Crippen molar-refractivity contribution in [3.05, 3.63) is 71.4 Å². The quantitative estimate of drug-likeness (QED) is 0.437. The third-order valence-electron chi connectivity index (χ3n) is 4.38. The monoisotopic (exact) mass is 501 g/mol. The Balaban J connectivity index is 2.05. The van der Waals surface area contributed by atoms with Gasteiger partial charge in [-0.25, -0.2) is 22.8 Å². The molecule has 0 radical (unpaired) electrons. The number of rotatable bonds is 6. The molecule has 1 atom stereocenters. The molecule has 0 saturated heterocycles. The fraction of sp³-hybridized carbons (Fsp3) is 0.143. The molecule has 2 aromatic carbocycles. The minimum atomic E-state index is -4.85. The van der Waals surface area contributed by atoms with Crippen molar-refractivity contribution in [2.45, 2.75) is 11.1 Å². The second-order valence-electron chi connectivity index (χ2n) is 6.92. The minimum absolute atomic E-state index is 0.0399. The molecule has 0 bridgehead atoms. The predicted molar refractivity (Wildman–Crippen MR) is 112 cm³/mol. The lowest BCUT2D eigenvalue weighted by atomic mass is 10.1. The molecule has 0 aliphatic carbocycles. The summed E-state index contributed by atoms with van der Waals surface area (Å²) in [5.74, 6) is -5.07. The molecule has 180 valence electrons. The van der Waals surface area contributed by atoms with Crippen molar-refractivity contribution >= 4 is 21.3 Å². The van der Waals surface area contributed by atoms with Gasteiger partial charge in [0.15, 0.2) is 23.1 Å². The second kappa shape index (κ2) is 9.25. The maximum Gasteiger partial charge on any atom is 0.417 e. The standard InChI is InChI=1S/C21H16F5N3O4S/c1-32-17-8-15(22)16(23)9-18(17)33-20-14(6-11(10-28-20)21(24,25)26)19(30)29-12-4-3-5-13(7-12)34(2,27)31/h3-10,27H,1-2H3,(H,29,30). The van der Waals surface area contributed by atoms with Crippen LogP contribution in [0.1, 0.15) is 15.9 Å². The Kier molecular flexibility index (Phi) is 6.77. The summed E-state index contributed by atoms with van der Waals surface area (Å²) in [6.45, 7) is 0. The average Bonchev–Trinajstić information content (AvgIpc) is 2.75. The molecule has 0 spiro atoms. The largest absolute Gasteiger partial charge is 0.493 e. The van der Waals surface area contributed by atoms with Crippen LogP contribution in [0, 0.1) is 16.4 Å². The molecular weight excluding hydrogens is 485 g/mol. The smallest absolute Gasteiger partial charge is 0.417 e. The van der Waals surface area contributed by atoms with Crippen molar-refractivity contribution in [1.29, 1.82) is 4.78 Å². The Bertz CT molecular complexity index is 1360. The number of aromatic nitrogens is 1. The zero-order valence-electron chi connectivity index (χ0n) is 17.5. The Morgan fingerprint density at radius 3 is 2.32 bits per heavy atom. The molecular formula is C21H16F5N3O4S. The summed E-state index contributed by atoms with van der Waals surface area (Å²) >= 11 is 0. The van der Waals surface area contributed by atoms with E-state index in [-0.39, 0.29) is 16.3 Å². The van der Waals surface area contributed by atoms with Gasteiger partial charge in [0.2, 0.25) is 5.88 Å². The molecule has 2 N–H and O–H groups in total. The fourth-order valence-corrected chi connectivity index (χ4v) is 3.41. The Labute approximate surface area is 190 Å². The molecule has 7 nitrogen and oxygen atoms in total. The van der Waals surface area contributed by atoms with Crippen LogP contribution >= 0.6 is 0 Å². The number of ether oxygens (including phenoxy) is 2. The van der Waals surface area contributed by atoms with Gasteiger partial charge in [0, 0.05) is 35.2 Å². The molecule has 13 heteroatoms. The van der Waals surface area contributed by atoms with Gasteiger partial charge in [-0.1, -0.05) is 6.07 Å². The SMILES string of the molecule is COc1cc(F)c(F)cc1Oc1ncc(C(F)(F)F)cc1C(=O)Nc1cccc(S(C)(=N)=O)c1. The van der Waals surface area contributed by atoms with Gasteiger partial charge in [-0.05, 0) is 24.3 Å². The van der Waals surface area contributed by atoms with E-state index in [9.17, 15) is 31.0 Å². The van der Waals surface area contributed by atoms with E-state index < -0.39 is 56.2 Å². The molecule has 1 aromatic heterocycles. The van der Waals surface area contributed by atoms with E-state index in [0.29, 0.717) is 24.4 Å². The first-order valence-electron chi connectivity index (χ1n) is 9.23. The van der Waals surface area contributed by atoms with Crippen LogP contribution in [0.3, 0.4) is 0 Å². The van der Waals surface area contributed by atoms with Gasteiger partial charge in [-0.2, -0.15) is 13.2 Å². The predicted octanol–water partition coefficient (Wildman–Crippen LogP) is 5.47. The van der Waals surface area contributed by atoms with Crippen molar-refractivity contribution in [1.82, 2.24) is 4.98 Å². The number of amides is 1. The van der Waals surface area contributed by atoms with Crippen LogP contribution < -0.4 is 14.8 Å². The van der Waals surface area contributed by atoms with E-state index in [1.807, 2.05) is 0 Å². The third-order valence-corrected chi connectivity index (χ3v) is 5.53. The highest BCUT2D eigenvalue weighted by molar-refractivity contribution is 7.91.